The molecule has 0 saturated carbocycles. The minimum absolute atomic E-state index is 0. The molecule has 0 aromatic rings. The summed E-state index contributed by atoms with van der Waals surface area (Å²) in [6.45, 7) is -0.876. The molecule has 52 valence electrons. The number of nitrogens with zero attached hydrogens (tertiary/aromatic N) is 1. The SMILES string of the molecule is O=C(O)C[N-]CC(=O)O.[K+]. The van der Waals surface area contributed by atoms with Crippen molar-refractivity contribution in [2.24, 2.45) is 0 Å². The van der Waals surface area contributed by atoms with Gasteiger partial charge >= 0.3 is 51.4 Å². The minimum Gasteiger partial charge on any atom is -0.644 e. The van der Waals surface area contributed by atoms with Gasteiger partial charge in [0.2, 0.25) is 0 Å². The Morgan fingerprint density at radius 1 is 1.10 bits per heavy atom. The maximum Gasteiger partial charge on any atom is 1.00 e. The zero-order valence-electron chi connectivity index (χ0n) is 5.57. The molecular weight excluding hydrogens is 165 g/mol. The quantitative estimate of drug-likeness (QED) is 0.430. The summed E-state index contributed by atoms with van der Waals surface area (Å²) in [5.41, 5.74) is 0. The van der Waals surface area contributed by atoms with Gasteiger partial charge in [0, 0.05) is 0 Å². The first kappa shape index (κ1) is 13.1. The predicted molar refractivity (Wildman–Crippen MR) is 28.4 cm³/mol. The summed E-state index contributed by atoms with van der Waals surface area (Å²) in [5, 5.41) is 19.1. The number of carboxylic acids is 2. The van der Waals surface area contributed by atoms with Crippen molar-refractivity contribution in [1.29, 1.82) is 0 Å². The molecule has 0 aliphatic rings. The third-order valence-corrected chi connectivity index (χ3v) is 0.494. The third kappa shape index (κ3) is 11.3. The van der Waals surface area contributed by atoms with Crippen LogP contribution in [-0.2, 0) is 9.59 Å². The number of carbonyl (C=O) groups is 2. The zero-order chi connectivity index (χ0) is 7.28. The summed E-state index contributed by atoms with van der Waals surface area (Å²) in [6.07, 6.45) is 0. The van der Waals surface area contributed by atoms with Gasteiger partial charge < -0.3 is 15.5 Å². The van der Waals surface area contributed by atoms with Gasteiger partial charge in [0.25, 0.3) is 11.9 Å². The van der Waals surface area contributed by atoms with Crippen LogP contribution in [0.5, 0.6) is 0 Å². The first-order chi connectivity index (χ1) is 4.13. The Kier molecular flexibility index (Phi) is 10.0. The fourth-order valence-corrected chi connectivity index (χ4v) is 0.247. The second kappa shape index (κ2) is 7.64. The van der Waals surface area contributed by atoms with E-state index in [9.17, 15) is 9.59 Å². The Labute approximate surface area is 100 Å². The summed E-state index contributed by atoms with van der Waals surface area (Å²) in [5.74, 6) is -2.23. The summed E-state index contributed by atoms with van der Waals surface area (Å²) < 4.78 is 0. The van der Waals surface area contributed by atoms with Crippen LogP contribution in [0.1, 0.15) is 0 Å². The molecule has 0 spiro atoms. The van der Waals surface area contributed by atoms with Crippen LogP contribution in [0.2, 0.25) is 0 Å². The molecule has 0 aromatic carbocycles. The topological polar surface area (TPSA) is 88.7 Å². The second-order valence-corrected chi connectivity index (χ2v) is 1.33. The summed E-state index contributed by atoms with van der Waals surface area (Å²) >= 11 is 0. The molecule has 0 aromatic heterocycles. The van der Waals surface area contributed by atoms with E-state index in [1.54, 1.807) is 0 Å². The number of rotatable bonds is 4. The number of hydrogen-bond acceptors (Lipinski definition) is 2. The maximum absolute atomic E-state index is 9.69. The van der Waals surface area contributed by atoms with E-state index in [2.05, 4.69) is 5.32 Å². The number of aliphatic carboxylic acids is 2. The molecule has 0 heterocycles. The standard InChI is InChI=1S/C4H6NO4.K/c6-3(7)1-5-2-4(8)9;/h1-2H2,(H,6,7)(H,8,9);/q-1;+1. The van der Waals surface area contributed by atoms with E-state index in [1.807, 2.05) is 0 Å². The molecule has 0 atom stereocenters. The molecular formula is C4H6KNO4. The monoisotopic (exact) mass is 171 g/mol. The van der Waals surface area contributed by atoms with Crippen LogP contribution in [0.15, 0.2) is 0 Å². The van der Waals surface area contributed by atoms with Crippen molar-refractivity contribution in [3.63, 3.8) is 0 Å². The fourth-order valence-electron chi connectivity index (χ4n) is 0.247. The van der Waals surface area contributed by atoms with E-state index >= 15 is 0 Å². The van der Waals surface area contributed by atoms with Crippen LogP contribution in [0.4, 0.5) is 0 Å². The predicted octanol–water partition coefficient (Wildman–Crippen LogP) is -3.47. The molecule has 0 fully saturated rings. The van der Waals surface area contributed by atoms with E-state index in [-0.39, 0.29) is 51.4 Å². The van der Waals surface area contributed by atoms with Crippen LogP contribution in [-0.4, -0.2) is 35.2 Å². The summed E-state index contributed by atoms with van der Waals surface area (Å²) in [4.78, 5) is 19.4. The van der Waals surface area contributed by atoms with Gasteiger partial charge in [0.05, 0.1) is 0 Å². The smallest absolute Gasteiger partial charge is 0.644 e. The molecule has 0 rings (SSSR count). The van der Waals surface area contributed by atoms with E-state index in [1.165, 1.54) is 0 Å². The van der Waals surface area contributed by atoms with Crippen LogP contribution < -0.4 is 51.4 Å². The van der Waals surface area contributed by atoms with E-state index < -0.39 is 25.0 Å². The molecule has 2 N–H and O–H groups in total. The number of carboxylic acid groups (broad SMARTS) is 2. The number of hydrogen-bond donors (Lipinski definition) is 2. The first-order valence-electron chi connectivity index (χ1n) is 2.20. The Hall–Kier alpha value is 0.536. The van der Waals surface area contributed by atoms with Crippen LogP contribution in [0.25, 0.3) is 5.32 Å². The summed E-state index contributed by atoms with van der Waals surface area (Å²) in [6, 6.07) is 0. The molecule has 5 nitrogen and oxygen atoms in total. The fraction of sp³-hybridized carbons (Fsp3) is 0.500. The van der Waals surface area contributed by atoms with Crippen molar-refractivity contribution in [2.45, 2.75) is 0 Å². The molecule has 0 aliphatic heterocycles. The average molecular weight is 171 g/mol. The van der Waals surface area contributed by atoms with Crippen molar-refractivity contribution >= 4 is 11.9 Å². The zero-order valence-corrected chi connectivity index (χ0v) is 8.70. The van der Waals surface area contributed by atoms with Crippen LogP contribution in [0.3, 0.4) is 0 Å². The Morgan fingerprint density at radius 2 is 1.40 bits per heavy atom. The van der Waals surface area contributed by atoms with Gasteiger partial charge in [-0.1, -0.05) is 0 Å². The van der Waals surface area contributed by atoms with Gasteiger partial charge in [-0.05, 0) is 13.1 Å². The molecule has 0 saturated heterocycles. The van der Waals surface area contributed by atoms with E-state index in [0.717, 1.165) is 0 Å². The van der Waals surface area contributed by atoms with E-state index in [0.29, 0.717) is 0 Å². The van der Waals surface area contributed by atoms with Gasteiger partial charge in [-0.2, -0.15) is 0 Å². The van der Waals surface area contributed by atoms with Crippen molar-refractivity contribution in [1.82, 2.24) is 0 Å². The van der Waals surface area contributed by atoms with Crippen LogP contribution in [0, 0.1) is 0 Å². The van der Waals surface area contributed by atoms with Gasteiger partial charge in [-0.15, -0.1) is 0 Å². The molecule has 0 amide bonds. The Balaban J connectivity index is 0. The molecule has 6 heteroatoms. The van der Waals surface area contributed by atoms with Crippen LogP contribution >= 0.6 is 0 Å². The Bertz CT molecular complexity index is 112. The normalized spacial score (nSPS) is 8.00. The van der Waals surface area contributed by atoms with Crippen molar-refractivity contribution in [2.75, 3.05) is 13.1 Å². The average Bonchev–Trinajstić information content (AvgIpc) is 1.63. The molecule has 0 radical (unpaired) electrons. The van der Waals surface area contributed by atoms with Gasteiger partial charge in [-0.3, -0.25) is 9.59 Å². The van der Waals surface area contributed by atoms with Crippen molar-refractivity contribution in [3.8, 4) is 0 Å². The first-order valence-corrected chi connectivity index (χ1v) is 2.20. The van der Waals surface area contributed by atoms with Gasteiger partial charge in [0.15, 0.2) is 0 Å². The second-order valence-electron chi connectivity index (χ2n) is 1.33. The Morgan fingerprint density at radius 3 is 1.60 bits per heavy atom. The van der Waals surface area contributed by atoms with E-state index in [4.69, 9.17) is 10.2 Å². The molecule has 0 unspecified atom stereocenters. The molecule has 10 heavy (non-hydrogen) atoms. The maximum atomic E-state index is 9.69. The molecule has 0 bridgehead atoms. The largest absolute Gasteiger partial charge is 1.00 e. The summed E-state index contributed by atoms with van der Waals surface area (Å²) in [7, 11) is 0. The minimum atomic E-state index is -1.11. The van der Waals surface area contributed by atoms with Crippen molar-refractivity contribution in [3.05, 3.63) is 5.32 Å². The third-order valence-electron chi connectivity index (χ3n) is 0.494. The van der Waals surface area contributed by atoms with Crippen molar-refractivity contribution < 1.29 is 71.2 Å². The molecule has 0 aliphatic carbocycles. The van der Waals surface area contributed by atoms with Gasteiger partial charge in [-0.25, -0.2) is 0 Å². The van der Waals surface area contributed by atoms with Gasteiger partial charge in [0.1, 0.15) is 0 Å².